The van der Waals surface area contributed by atoms with Crippen LogP contribution in [0.25, 0.3) is 31.7 Å². The molecule has 0 saturated heterocycles. The highest BCUT2D eigenvalue weighted by Crippen LogP contribution is 2.65. The fourth-order valence-electron chi connectivity index (χ4n) is 9.34. The van der Waals surface area contributed by atoms with Crippen LogP contribution in [0.4, 0.5) is 0 Å². The lowest BCUT2D eigenvalue weighted by atomic mass is 9.67. The molecule has 0 atom stereocenters. The van der Waals surface area contributed by atoms with E-state index in [1.165, 1.54) is 63.7 Å². The minimum Gasteiger partial charge on any atom is -0.495 e. The molecule has 4 aromatic rings. The van der Waals surface area contributed by atoms with Crippen LogP contribution in [0, 0.1) is 37.5 Å². The average molecular weight is 629 g/mol. The van der Waals surface area contributed by atoms with Crippen molar-refractivity contribution >= 4 is 33.4 Å². The summed E-state index contributed by atoms with van der Waals surface area (Å²) in [5.41, 5.74) is 8.52. The van der Waals surface area contributed by atoms with Gasteiger partial charge in [0.15, 0.2) is 0 Å². The average Bonchev–Trinajstić information content (AvgIpc) is 3.61. The minimum atomic E-state index is -0.0347. The lowest BCUT2D eigenvalue weighted by Gasteiger charge is -2.36. The molecule has 0 radical (unpaired) electrons. The van der Waals surface area contributed by atoms with Crippen molar-refractivity contribution in [2.24, 2.45) is 23.7 Å². The molecule has 2 aliphatic rings. The summed E-state index contributed by atoms with van der Waals surface area (Å²) in [6.07, 6.45) is 4.51. The van der Waals surface area contributed by atoms with E-state index >= 15 is 0 Å². The molecule has 2 nitrogen and oxygen atoms in total. The second-order valence-corrected chi connectivity index (χ2v) is 18.0. The summed E-state index contributed by atoms with van der Waals surface area (Å²) in [6.45, 7) is 23.6. The van der Waals surface area contributed by atoms with E-state index < -0.39 is 0 Å². The number of hydrogen-bond acceptors (Lipinski definition) is 4. The Balaban J connectivity index is 1.78. The van der Waals surface area contributed by atoms with Crippen molar-refractivity contribution in [1.82, 2.24) is 0 Å². The molecular formula is C40H52O2S2. The van der Waals surface area contributed by atoms with Crippen molar-refractivity contribution in [3.8, 4) is 32.4 Å². The molecule has 0 aliphatic heterocycles. The van der Waals surface area contributed by atoms with Gasteiger partial charge in [0.1, 0.15) is 11.5 Å². The predicted molar refractivity (Wildman–Crippen MR) is 193 cm³/mol. The Morgan fingerprint density at radius 1 is 0.523 bits per heavy atom. The molecule has 2 aliphatic carbocycles. The van der Waals surface area contributed by atoms with Crippen molar-refractivity contribution in [3.63, 3.8) is 0 Å². The number of thiophene rings is 2. The van der Waals surface area contributed by atoms with Gasteiger partial charge in [0.25, 0.3) is 0 Å². The molecule has 0 bridgehead atoms. The molecule has 0 saturated carbocycles. The minimum absolute atomic E-state index is 0.0347. The van der Waals surface area contributed by atoms with Gasteiger partial charge in [-0.05, 0) is 110 Å². The number of fused-ring (bicyclic) bond motifs is 7. The van der Waals surface area contributed by atoms with Gasteiger partial charge in [-0.3, -0.25) is 0 Å². The fourth-order valence-corrected chi connectivity index (χ4v) is 11.7. The molecule has 0 fully saturated rings. The van der Waals surface area contributed by atoms with Crippen LogP contribution in [-0.2, 0) is 10.8 Å². The smallest absolute Gasteiger partial charge is 0.135 e. The number of aryl methyl sites for hydroxylation is 2. The Bertz CT molecular complexity index is 1580. The largest absolute Gasteiger partial charge is 0.495 e. The zero-order valence-electron chi connectivity index (χ0n) is 29.1. The van der Waals surface area contributed by atoms with Crippen LogP contribution in [0.3, 0.4) is 0 Å². The van der Waals surface area contributed by atoms with Gasteiger partial charge in [0.05, 0.1) is 14.2 Å². The Kier molecular flexibility index (Phi) is 8.06. The van der Waals surface area contributed by atoms with Crippen LogP contribution in [0.5, 0.6) is 11.5 Å². The first kappa shape index (κ1) is 31.7. The van der Waals surface area contributed by atoms with Crippen molar-refractivity contribution in [1.29, 1.82) is 0 Å². The van der Waals surface area contributed by atoms with Crippen molar-refractivity contribution in [2.45, 2.75) is 106 Å². The third-order valence-electron chi connectivity index (χ3n) is 10.0. The van der Waals surface area contributed by atoms with E-state index in [1.54, 1.807) is 0 Å². The van der Waals surface area contributed by atoms with E-state index in [1.807, 2.05) is 36.9 Å². The second-order valence-electron chi connectivity index (χ2n) is 15.5. The summed E-state index contributed by atoms with van der Waals surface area (Å²) < 4.78 is 13.1. The molecule has 44 heavy (non-hydrogen) atoms. The van der Waals surface area contributed by atoms with Gasteiger partial charge in [-0.25, -0.2) is 0 Å². The normalized spacial score (nSPS) is 15.9. The van der Waals surface area contributed by atoms with E-state index in [0.717, 1.165) is 37.2 Å². The van der Waals surface area contributed by atoms with Gasteiger partial charge in [-0.15, -0.1) is 22.7 Å². The zero-order chi connectivity index (χ0) is 31.9. The fraction of sp³-hybridized carbons (Fsp3) is 0.550. The van der Waals surface area contributed by atoms with Crippen LogP contribution in [0.15, 0.2) is 24.3 Å². The summed E-state index contributed by atoms with van der Waals surface area (Å²) in [5, 5.41) is 2.40. The van der Waals surface area contributed by atoms with Gasteiger partial charge in [-0.2, -0.15) is 0 Å². The summed E-state index contributed by atoms with van der Waals surface area (Å²) in [4.78, 5) is 5.61. The standard InChI is InChI=1S/C40H52O2S2/c1-21(2)17-39(18-22(3)4)29-15-27-28(35(41-11)33(29)37-31(39)13-25(9)43-37)16-30-34(36(27)42-12)38-32(14-26(10)44-38)40(30,19-23(5)6)20-24(7)8/h13-16,21-24H,17-20H2,1-12H3. The molecule has 4 heteroatoms. The zero-order valence-corrected chi connectivity index (χ0v) is 30.7. The molecule has 0 spiro atoms. The van der Waals surface area contributed by atoms with Gasteiger partial charge in [0.2, 0.25) is 0 Å². The van der Waals surface area contributed by atoms with E-state index in [2.05, 4.69) is 93.5 Å². The molecule has 0 unspecified atom stereocenters. The van der Waals surface area contributed by atoms with Gasteiger partial charge in [-0.1, -0.05) is 55.4 Å². The lowest BCUT2D eigenvalue weighted by molar-refractivity contribution is 0.336. The van der Waals surface area contributed by atoms with Crippen LogP contribution < -0.4 is 9.47 Å². The highest BCUT2D eigenvalue weighted by molar-refractivity contribution is 7.16. The topological polar surface area (TPSA) is 18.5 Å². The third-order valence-corrected chi connectivity index (χ3v) is 12.1. The molecule has 2 aromatic heterocycles. The van der Waals surface area contributed by atoms with Crippen molar-refractivity contribution < 1.29 is 9.47 Å². The predicted octanol–water partition coefficient (Wildman–Crippen LogP) is 12.3. The maximum Gasteiger partial charge on any atom is 0.135 e. The number of rotatable bonds is 10. The number of ether oxygens (including phenoxy) is 2. The van der Waals surface area contributed by atoms with Gasteiger partial charge in [0, 0.05) is 52.2 Å². The Hall–Kier alpha value is -2.30. The van der Waals surface area contributed by atoms with E-state index in [0.29, 0.717) is 23.7 Å². The van der Waals surface area contributed by atoms with Crippen molar-refractivity contribution in [2.75, 3.05) is 14.2 Å². The maximum atomic E-state index is 6.56. The number of benzene rings is 2. The second kappa shape index (κ2) is 11.2. The van der Waals surface area contributed by atoms with Crippen LogP contribution in [0.2, 0.25) is 0 Å². The summed E-state index contributed by atoms with van der Waals surface area (Å²) in [6, 6.07) is 10.0. The Morgan fingerprint density at radius 2 is 0.841 bits per heavy atom. The Labute approximate surface area is 274 Å². The highest BCUT2D eigenvalue weighted by atomic mass is 32.1. The molecule has 236 valence electrons. The first-order valence-electron chi connectivity index (χ1n) is 16.8. The SMILES string of the molecule is COc1c2c(cc3c(OC)c4c(cc13)C(CC(C)C)(CC(C)C)c1cc(C)sc1-4)C(CC(C)C)(CC(C)C)c1cc(C)sc1-2. The van der Waals surface area contributed by atoms with Gasteiger partial charge >= 0.3 is 0 Å². The first-order valence-corrected chi connectivity index (χ1v) is 18.4. The highest BCUT2D eigenvalue weighted by Gasteiger charge is 2.50. The maximum absolute atomic E-state index is 6.56. The van der Waals surface area contributed by atoms with Crippen LogP contribution >= 0.6 is 22.7 Å². The summed E-state index contributed by atoms with van der Waals surface area (Å²) in [7, 11) is 3.77. The van der Waals surface area contributed by atoms with Crippen LogP contribution in [-0.4, -0.2) is 14.2 Å². The first-order chi connectivity index (χ1) is 20.8. The Morgan fingerprint density at radius 3 is 1.11 bits per heavy atom. The summed E-state index contributed by atoms with van der Waals surface area (Å²) >= 11 is 3.90. The van der Waals surface area contributed by atoms with Gasteiger partial charge < -0.3 is 9.47 Å². The third kappa shape index (κ3) is 4.60. The molecule has 0 amide bonds. The van der Waals surface area contributed by atoms with E-state index in [-0.39, 0.29) is 10.8 Å². The van der Waals surface area contributed by atoms with E-state index in [4.69, 9.17) is 9.47 Å². The molecular weight excluding hydrogens is 577 g/mol. The quantitative estimate of drug-likeness (QED) is 0.174. The van der Waals surface area contributed by atoms with Crippen molar-refractivity contribution in [3.05, 3.63) is 56.3 Å². The monoisotopic (exact) mass is 628 g/mol. The number of methoxy groups -OCH3 is 2. The molecule has 2 aromatic carbocycles. The summed E-state index contributed by atoms with van der Waals surface area (Å²) in [5.74, 6) is 4.35. The van der Waals surface area contributed by atoms with E-state index in [9.17, 15) is 0 Å². The lowest BCUT2D eigenvalue weighted by Crippen LogP contribution is -2.29. The number of hydrogen-bond donors (Lipinski definition) is 0. The van der Waals surface area contributed by atoms with Crippen LogP contribution in [0.1, 0.15) is 113 Å². The molecule has 6 rings (SSSR count). The molecule has 0 N–H and O–H groups in total. The molecule has 2 heterocycles.